The van der Waals surface area contributed by atoms with Gasteiger partial charge >= 0.3 is 41.4 Å². The van der Waals surface area contributed by atoms with Crippen LogP contribution < -0.4 is 32.8 Å². The zero-order valence-electron chi connectivity index (χ0n) is 50.5. The summed E-state index contributed by atoms with van der Waals surface area (Å²) in [5, 5.41) is 31.1. The summed E-state index contributed by atoms with van der Waals surface area (Å²) < 4.78 is 86.9. The molecule has 32 nitrogen and oxygen atoms in total. The van der Waals surface area contributed by atoms with Gasteiger partial charge in [0.25, 0.3) is 5.91 Å². The van der Waals surface area contributed by atoms with Crippen LogP contribution >= 0.6 is 45.1 Å². The standard InChI is InChI=1S/C56H73N10O22P3S2/c1-35(36-11-14-40(54(69)70)43(27-36)51-41-15-12-38(57)29-45(41)85-46-30-39(58)13-16-42(46)51)61-20-24-80-26-25-79-22-8-10-50(67)82-23-17-56(2,3)93-92-34-81-21-6-4-5-18-62-55(71)63-19-7-9-37-28-44(53(68)65-52(37)59)47-31-48(83-33-64-66-60)49(86-47)32-84-90(75,76)88-91(77,78)87-89(72,73)74/h11-16,27-30,44,47-49,57,61H,1,4-6,8,10,17-26,31-34,58H2,2-3H3,(H,69,70)(H,75,76)(H,77,78)(H2,59,65,68)(H2,62,63,71)(H2,72,73,74)/t44?,47-,48?,49-/m1/s1. The second kappa shape index (κ2) is 36.3. The van der Waals surface area contributed by atoms with Crippen LogP contribution in [0.2, 0.25) is 0 Å². The predicted molar refractivity (Wildman–Crippen MR) is 342 cm³/mol. The number of dihydropyridines is 1. The number of urea groups is 1. The number of carbonyl (C=O) groups is 4. The number of benzene rings is 3. The van der Waals surface area contributed by atoms with E-state index in [1.54, 1.807) is 76.2 Å². The molecular formula is C56H73N10O22P3S2. The Morgan fingerprint density at radius 3 is 2.42 bits per heavy atom. The number of hydrogen-bond donors (Lipinski definition) is 11. The van der Waals surface area contributed by atoms with Crippen molar-refractivity contribution in [3.8, 4) is 34.3 Å². The number of amidine groups is 1. The van der Waals surface area contributed by atoms with Crippen LogP contribution in [0, 0.1) is 23.2 Å². The Labute approximate surface area is 541 Å². The number of carboxylic acid groups (broad SMARTS) is 1. The number of carbonyl (C=O) groups excluding carboxylic acids is 3. The number of unbranched alkanes of at least 4 members (excludes halogenated alkanes) is 2. The summed E-state index contributed by atoms with van der Waals surface area (Å²) in [7, 11) is -13.8. The van der Waals surface area contributed by atoms with E-state index in [0.29, 0.717) is 122 Å². The minimum atomic E-state index is -5.81. The lowest BCUT2D eigenvalue weighted by Crippen LogP contribution is -2.36. The van der Waals surface area contributed by atoms with Crippen molar-refractivity contribution in [3.05, 3.63) is 99.8 Å². The van der Waals surface area contributed by atoms with Gasteiger partial charge in [0.1, 0.15) is 36.0 Å². The molecule has 4 unspecified atom stereocenters. The van der Waals surface area contributed by atoms with Crippen molar-refractivity contribution in [2.75, 3.05) is 84.3 Å². The van der Waals surface area contributed by atoms with E-state index in [9.17, 15) is 47.8 Å². The van der Waals surface area contributed by atoms with Crippen molar-refractivity contribution in [2.45, 2.75) is 81.9 Å². The molecule has 3 aliphatic heterocycles. The molecular weight excluding hydrogens is 1320 g/mol. The first-order chi connectivity index (χ1) is 44.1. The van der Waals surface area contributed by atoms with Crippen LogP contribution in [-0.2, 0) is 64.9 Å². The van der Waals surface area contributed by atoms with E-state index in [1.165, 1.54) is 6.08 Å². The second-order valence-corrected chi connectivity index (χ2v) is 28.4. The number of phosphoric acid groups is 3. The Balaban J connectivity index is 0.762. The van der Waals surface area contributed by atoms with Crippen LogP contribution in [0.3, 0.4) is 0 Å². The van der Waals surface area contributed by atoms with Gasteiger partial charge in [-0.15, -0.1) is 0 Å². The highest BCUT2D eigenvalue weighted by atomic mass is 33.1. The number of hydrogen-bond acceptors (Lipinski definition) is 24. The maximum Gasteiger partial charge on any atom is 0.490 e. The van der Waals surface area contributed by atoms with Crippen LogP contribution in [0.4, 0.5) is 10.5 Å². The third-order valence-electron chi connectivity index (χ3n) is 13.4. The first kappa shape index (κ1) is 75.4. The number of nitrogen functional groups attached to an aromatic ring is 1. The molecule has 1 fully saturated rings. The summed E-state index contributed by atoms with van der Waals surface area (Å²) >= 11 is 0. The number of phosphoric ester groups is 1. The van der Waals surface area contributed by atoms with E-state index in [2.05, 4.69) is 76.4 Å². The number of ether oxygens (including phenoxy) is 6. The van der Waals surface area contributed by atoms with Crippen molar-refractivity contribution in [2.24, 2.45) is 21.8 Å². The van der Waals surface area contributed by atoms with Crippen molar-refractivity contribution in [1.82, 2.24) is 16.0 Å². The van der Waals surface area contributed by atoms with E-state index in [1.807, 2.05) is 0 Å². The molecule has 13 N–H and O–H groups in total. The minimum absolute atomic E-state index is 0.0861. The molecule has 2 aromatic rings. The Morgan fingerprint density at radius 2 is 1.67 bits per heavy atom. The molecule has 1 aliphatic carbocycles. The quantitative estimate of drug-likeness (QED) is 0.00176. The summed E-state index contributed by atoms with van der Waals surface area (Å²) in [6.07, 6.45) is 1.39. The fraction of sp³-hybridized carbons (Fsp3) is 0.464. The monoisotopic (exact) mass is 1390 g/mol. The summed E-state index contributed by atoms with van der Waals surface area (Å²) in [4.78, 5) is 93.5. The molecule has 93 heavy (non-hydrogen) atoms. The molecule has 3 heterocycles. The van der Waals surface area contributed by atoms with Gasteiger partial charge in [-0.25, -0.2) is 23.3 Å². The molecule has 0 bridgehead atoms. The lowest BCUT2D eigenvalue weighted by atomic mass is 9.89. The van der Waals surface area contributed by atoms with Crippen LogP contribution in [0.15, 0.2) is 87.3 Å². The van der Waals surface area contributed by atoms with E-state index in [4.69, 9.17) is 65.0 Å². The number of fused-ring (bicyclic) bond motifs is 2. The van der Waals surface area contributed by atoms with Gasteiger partial charge in [0.15, 0.2) is 0 Å². The van der Waals surface area contributed by atoms with Crippen molar-refractivity contribution in [3.63, 3.8) is 0 Å². The van der Waals surface area contributed by atoms with Gasteiger partial charge in [-0.05, 0) is 105 Å². The van der Waals surface area contributed by atoms with Crippen LogP contribution in [0.25, 0.3) is 49.6 Å². The predicted octanol–water partition coefficient (Wildman–Crippen LogP) is 7.47. The first-order valence-electron chi connectivity index (χ1n) is 28.6. The van der Waals surface area contributed by atoms with Crippen LogP contribution in [0.5, 0.6) is 0 Å². The zero-order valence-corrected chi connectivity index (χ0v) is 54.8. The highest BCUT2D eigenvalue weighted by Gasteiger charge is 2.46. The number of nitrogens with one attached hydrogen (secondary N) is 4. The van der Waals surface area contributed by atoms with Gasteiger partial charge in [0.05, 0.1) is 74.2 Å². The topological polar surface area (TPSA) is 490 Å². The molecule has 0 aromatic heterocycles. The van der Waals surface area contributed by atoms with Gasteiger partial charge in [0.2, 0.25) is 0 Å². The molecule has 0 radical (unpaired) electrons. The van der Waals surface area contributed by atoms with E-state index in [-0.39, 0.29) is 59.0 Å². The average molecular weight is 1400 g/mol. The van der Waals surface area contributed by atoms with E-state index in [0.717, 1.165) is 12.8 Å². The smallest absolute Gasteiger partial charge is 0.478 e. The number of carboxylic acids is 1. The number of azide groups is 1. The summed E-state index contributed by atoms with van der Waals surface area (Å²) in [5.74, 6) is 2.83. The minimum Gasteiger partial charge on any atom is -0.478 e. The first-order valence-corrected chi connectivity index (χ1v) is 35.4. The van der Waals surface area contributed by atoms with Crippen molar-refractivity contribution in [1.29, 1.82) is 5.41 Å². The van der Waals surface area contributed by atoms with Gasteiger partial charge in [0, 0.05) is 88.8 Å². The van der Waals surface area contributed by atoms with Crippen LogP contribution in [0.1, 0.15) is 74.7 Å². The lowest BCUT2D eigenvalue weighted by Gasteiger charge is -2.22. The molecule has 506 valence electrons. The van der Waals surface area contributed by atoms with Gasteiger partial charge < -0.3 is 90.3 Å². The largest absolute Gasteiger partial charge is 0.490 e. The van der Waals surface area contributed by atoms with E-state index < -0.39 is 78.9 Å². The van der Waals surface area contributed by atoms with Crippen molar-refractivity contribution >= 4 is 97.1 Å². The summed E-state index contributed by atoms with van der Waals surface area (Å²) in [6, 6.07) is 14.7. The van der Waals surface area contributed by atoms with Gasteiger partial charge in [-0.1, -0.05) is 51.2 Å². The molecule has 2 aromatic carbocycles. The molecule has 37 heteroatoms. The molecule has 6 rings (SSSR count). The Bertz CT molecular complexity index is 3670. The average Bonchev–Trinajstić information content (AvgIpc) is 1.24. The van der Waals surface area contributed by atoms with Crippen molar-refractivity contribution < 1.29 is 104 Å². The van der Waals surface area contributed by atoms with Gasteiger partial charge in [-0.2, -0.15) is 13.6 Å². The number of rotatable bonds is 39. The lowest BCUT2D eigenvalue weighted by molar-refractivity contribution is -0.144. The van der Waals surface area contributed by atoms with E-state index >= 15 is 0 Å². The third kappa shape index (κ3) is 25.5. The molecule has 4 aliphatic rings. The third-order valence-corrected chi connectivity index (χ3v) is 20.3. The molecule has 0 saturated carbocycles. The SMILES string of the molecule is C=C(NCCOCCOCCCC(=O)OCCC(C)(C)SSCOCCCCCNC(=O)NCC#CC1=CC([C@H]2CC(OCN=[N+]=[N-])[C@@H](COP(=O)(O)OP(=O)(O)OP(=O)(O)O)O2)C(=O)N=C1N)c1ccc(C(=O)O)c(-c2c3ccc(=N)cc-3oc3cc(N)ccc23)c1. The molecule has 1 saturated heterocycles. The number of aliphatic imine (C=N–C) groups is 1. The Morgan fingerprint density at radius 1 is 0.903 bits per heavy atom. The summed E-state index contributed by atoms with van der Waals surface area (Å²) in [6.45, 7) is 9.70. The molecule has 6 atom stereocenters. The van der Waals surface area contributed by atoms with Gasteiger partial charge in [-0.3, -0.25) is 14.1 Å². The maximum absolute atomic E-state index is 12.9. The Hall–Kier alpha value is -6.66. The normalized spacial score (nSPS) is 17.8. The zero-order chi connectivity index (χ0) is 67.8. The maximum atomic E-state index is 12.9. The fourth-order valence-corrected chi connectivity index (χ4v) is 14.4. The highest BCUT2D eigenvalue weighted by Crippen LogP contribution is 2.66. The number of anilines is 1. The second-order valence-electron chi connectivity index (χ2n) is 21.0. The number of nitrogens with zero attached hydrogens (tertiary/aromatic N) is 4. The Kier molecular flexibility index (Phi) is 29.4. The number of nitrogens with two attached hydrogens (primary N) is 2. The molecule has 0 spiro atoms. The fourth-order valence-electron chi connectivity index (χ4n) is 9.06. The summed E-state index contributed by atoms with van der Waals surface area (Å²) in [5.41, 5.74) is 24.8. The number of aromatic carboxylic acids is 1. The van der Waals surface area contributed by atoms with Crippen LogP contribution in [-0.4, -0.2) is 156 Å². The number of esters is 1. The molecule has 3 amide bonds. The highest BCUT2D eigenvalue weighted by molar-refractivity contribution is 8.77. The number of amides is 3.